The van der Waals surface area contributed by atoms with Crippen molar-refractivity contribution in [2.24, 2.45) is 0 Å². The number of aryl methyl sites for hydroxylation is 1. The van der Waals surface area contributed by atoms with Gasteiger partial charge >= 0.3 is 0 Å². The van der Waals surface area contributed by atoms with Gasteiger partial charge in [-0.05, 0) is 25.1 Å². The Bertz CT molecular complexity index is 569. The maximum atomic E-state index is 14.0. The lowest BCUT2D eigenvalue weighted by Crippen LogP contribution is -2.11. The highest BCUT2D eigenvalue weighted by molar-refractivity contribution is 7.15. The molecule has 19 heavy (non-hydrogen) atoms. The van der Waals surface area contributed by atoms with E-state index in [9.17, 15) is 4.39 Å². The molecule has 1 aromatic heterocycles. The minimum atomic E-state index is -0.393. The average molecular weight is 299 g/mol. The fourth-order valence-corrected chi connectivity index (χ4v) is 3.13. The van der Waals surface area contributed by atoms with E-state index in [0.717, 1.165) is 25.2 Å². The molecule has 0 spiro atoms. The summed E-state index contributed by atoms with van der Waals surface area (Å²) < 4.78 is 14.0. The SMILES string of the molecule is CCNCc1sc(-c2cccc(Cl)c2F)nc1CC. The molecule has 1 N–H and O–H groups in total. The van der Waals surface area contributed by atoms with Crippen LogP contribution in [0, 0.1) is 5.82 Å². The van der Waals surface area contributed by atoms with Gasteiger partial charge in [-0.2, -0.15) is 0 Å². The smallest absolute Gasteiger partial charge is 0.152 e. The Morgan fingerprint density at radius 3 is 2.84 bits per heavy atom. The molecule has 2 aromatic rings. The summed E-state index contributed by atoms with van der Waals surface area (Å²) in [5, 5.41) is 4.12. The van der Waals surface area contributed by atoms with E-state index in [4.69, 9.17) is 11.6 Å². The molecule has 1 heterocycles. The highest BCUT2D eigenvalue weighted by Gasteiger charge is 2.15. The zero-order chi connectivity index (χ0) is 13.8. The van der Waals surface area contributed by atoms with Gasteiger partial charge in [-0.15, -0.1) is 11.3 Å². The van der Waals surface area contributed by atoms with Gasteiger partial charge in [0.05, 0.1) is 10.7 Å². The van der Waals surface area contributed by atoms with Crippen LogP contribution in [0.2, 0.25) is 5.02 Å². The van der Waals surface area contributed by atoms with Crippen molar-refractivity contribution < 1.29 is 4.39 Å². The van der Waals surface area contributed by atoms with Crippen molar-refractivity contribution in [3.8, 4) is 10.6 Å². The second-order valence-electron chi connectivity index (χ2n) is 4.12. The van der Waals surface area contributed by atoms with Crippen molar-refractivity contribution in [1.29, 1.82) is 0 Å². The Morgan fingerprint density at radius 1 is 1.37 bits per heavy atom. The summed E-state index contributed by atoms with van der Waals surface area (Å²) in [5.41, 5.74) is 1.51. The molecule has 5 heteroatoms. The number of nitrogens with one attached hydrogen (secondary N) is 1. The number of hydrogen-bond donors (Lipinski definition) is 1. The van der Waals surface area contributed by atoms with Gasteiger partial charge in [0, 0.05) is 17.0 Å². The van der Waals surface area contributed by atoms with Gasteiger partial charge in [-0.3, -0.25) is 0 Å². The van der Waals surface area contributed by atoms with Crippen LogP contribution in [0.1, 0.15) is 24.4 Å². The highest BCUT2D eigenvalue weighted by Crippen LogP contribution is 2.32. The maximum absolute atomic E-state index is 14.0. The molecular formula is C14H16ClFN2S. The van der Waals surface area contributed by atoms with Crippen LogP contribution in [0.3, 0.4) is 0 Å². The van der Waals surface area contributed by atoms with E-state index in [1.165, 1.54) is 16.2 Å². The molecule has 0 radical (unpaired) electrons. The number of benzene rings is 1. The van der Waals surface area contributed by atoms with E-state index >= 15 is 0 Å². The second-order valence-corrected chi connectivity index (χ2v) is 5.61. The molecule has 0 aliphatic rings. The van der Waals surface area contributed by atoms with Gasteiger partial charge < -0.3 is 5.32 Å². The molecule has 0 bridgehead atoms. The first-order valence-electron chi connectivity index (χ1n) is 6.31. The lowest BCUT2D eigenvalue weighted by atomic mass is 10.2. The predicted octanol–water partition coefficient (Wildman–Crippen LogP) is 4.27. The minimum Gasteiger partial charge on any atom is -0.312 e. The highest BCUT2D eigenvalue weighted by atomic mass is 35.5. The van der Waals surface area contributed by atoms with Gasteiger partial charge in [0.1, 0.15) is 5.01 Å². The zero-order valence-electron chi connectivity index (χ0n) is 11.0. The van der Waals surface area contributed by atoms with Crippen LogP contribution in [-0.2, 0) is 13.0 Å². The van der Waals surface area contributed by atoms with Gasteiger partial charge in [-0.25, -0.2) is 9.37 Å². The fraction of sp³-hybridized carbons (Fsp3) is 0.357. The second kappa shape index (κ2) is 6.46. The number of aromatic nitrogens is 1. The molecule has 1 aromatic carbocycles. The van der Waals surface area contributed by atoms with E-state index < -0.39 is 5.82 Å². The summed E-state index contributed by atoms with van der Waals surface area (Å²) >= 11 is 7.35. The number of hydrogen-bond acceptors (Lipinski definition) is 3. The molecule has 0 amide bonds. The number of thiazole rings is 1. The maximum Gasteiger partial charge on any atom is 0.152 e. The van der Waals surface area contributed by atoms with Crippen molar-refractivity contribution in [1.82, 2.24) is 10.3 Å². The quantitative estimate of drug-likeness (QED) is 0.891. The Labute approximate surface area is 121 Å². The molecule has 0 atom stereocenters. The van der Waals surface area contributed by atoms with Crippen molar-refractivity contribution in [3.63, 3.8) is 0 Å². The lowest BCUT2D eigenvalue weighted by molar-refractivity contribution is 0.631. The van der Waals surface area contributed by atoms with E-state index in [0.29, 0.717) is 10.6 Å². The van der Waals surface area contributed by atoms with E-state index in [2.05, 4.69) is 24.1 Å². The monoisotopic (exact) mass is 298 g/mol. The summed E-state index contributed by atoms with van der Waals surface area (Å²) in [6.07, 6.45) is 0.847. The Hall–Kier alpha value is -0.970. The molecular weight excluding hydrogens is 283 g/mol. The summed E-state index contributed by atoms with van der Waals surface area (Å²) in [5.74, 6) is -0.393. The third-order valence-corrected chi connectivity index (χ3v) is 4.25. The van der Waals surface area contributed by atoms with Crippen molar-refractivity contribution in [3.05, 3.63) is 39.6 Å². The Kier molecular flexibility index (Phi) is 4.91. The summed E-state index contributed by atoms with van der Waals surface area (Å²) in [6.45, 7) is 5.80. The summed E-state index contributed by atoms with van der Waals surface area (Å²) in [6, 6.07) is 5.02. The average Bonchev–Trinajstić information content (AvgIpc) is 2.82. The molecule has 0 saturated carbocycles. The third kappa shape index (κ3) is 3.14. The Balaban J connectivity index is 2.40. The van der Waals surface area contributed by atoms with Crippen LogP contribution in [0.15, 0.2) is 18.2 Å². The molecule has 0 saturated heterocycles. The van der Waals surface area contributed by atoms with Gasteiger partial charge in [0.2, 0.25) is 0 Å². The Morgan fingerprint density at radius 2 is 2.16 bits per heavy atom. The number of rotatable bonds is 5. The van der Waals surface area contributed by atoms with Crippen molar-refractivity contribution in [2.45, 2.75) is 26.8 Å². The first kappa shape index (κ1) is 14.4. The van der Waals surface area contributed by atoms with Crippen LogP contribution in [0.25, 0.3) is 10.6 Å². The topological polar surface area (TPSA) is 24.9 Å². The summed E-state index contributed by atoms with van der Waals surface area (Å²) in [7, 11) is 0. The summed E-state index contributed by atoms with van der Waals surface area (Å²) in [4.78, 5) is 5.70. The van der Waals surface area contributed by atoms with Crippen LogP contribution in [0.5, 0.6) is 0 Å². The minimum absolute atomic E-state index is 0.138. The van der Waals surface area contributed by atoms with E-state index in [1.807, 2.05) is 0 Å². The van der Waals surface area contributed by atoms with E-state index in [-0.39, 0.29) is 5.02 Å². The predicted molar refractivity (Wildman–Crippen MR) is 79.3 cm³/mol. The largest absolute Gasteiger partial charge is 0.312 e. The fourth-order valence-electron chi connectivity index (χ4n) is 1.82. The molecule has 2 nitrogen and oxygen atoms in total. The van der Waals surface area contributed by atoms with Crippen LogP contribution < -0.4 is 5.32 Å². The van der Waals surface area contributed by atoms with Crippen molar-refractivity contribution >= 4 is 22.9 Å². The van der Waals surface area contributed by atoms with Crippen LogP contribution in [0.4, 0.5) is 4.39 Å². The molecule has 0 aliphatic carbocycles. The van der Waals surface area contributed by atoms with Gasteiger partial charge in [0.15, 0.2) is 5.82 Å². The molecule has 0 aliphatic heterocycles. The molecule has 0 fully saturated rings. The number of nitrogens with zero attached hydrogens (tertiary/aromatic N) is 1. The number of halogens is 2. The standard InChI is InChI=1S/C14H16ClFN2S/c1-3-11-12(8-17-4-2)19-14(18-11)9-6-5-7-10(15)13(9)16/h5-7,17H,3-4,8H2,1-2H3. The third-order valence-electron chi connectivity index (χ3n) is 2.83. The van der Waals surface area contributed by atoms with Gasteiger partial charge in [0.25, 0.3) is 0 Å². The van der Waals surface area contributed by atoms with E-state index in [1.54, 1.807) is 18.2 Å². The molecule has 102 valence electrons. The first-order valence-corrected chi connectivity index (χ1v) is 7.50. The molecule has 2 rings (SSSR count). The van der Waals surface area contributed by atoms with Crippen molar-refractivity contribution in [2.75, 3.05) is 6.54 Å². The first-order chi connectivity index (χ1) is 9.17. The van der Waals surface area contributed by atoms with Gasteiger partial charge in [-0.1, -0.05) is 31.5 Å². The lowest BCUT2D eigenvalue weighted by Gasteiger charge is -2.00. The normalized spacial score (nSPS) is 10.9. The van der Waals surface area contributed by atoms with Crippen LogP contribution >= 0.6 is 22.9 Å². The zero-order valence-corrected chi connectivity index (χ0v) is 12.5. The van der Waals surface area contributed by atoms with Crippen LogP contribution in [-0.4, -0.2) is 11.5 Å². The molecule has 0 unspecified atom stereocenters.